The molecule has 1 atom stereocenters. The molecule has 0 aliphatic heterocycles. The van der Waals surface area contributed by atoms with Crippen LogP contribution in [0, 0.1) is 5.92 Å². The van der Waals surface area contributed by atoms with Crippen LogP contribution in [-0.2, 0) is 25.6 Å². The van der Waals surface area contributed by atoms with Crippen molar-refractivity contribution in [3.8, 4) is 0 Å². The van der Waals surface area contributed by atoms with Gasteiger partial charge < -0.3 is 14.2 Å². The molecule has 5 nitrogen and oxygen atoms in total. The number of hydrogen-bond donors (Lipinski definition) is 0. The standard InChI is InChI=1S/C17H22O5/c1-3-21-16(18)10-15(13-7-8-13)22-17(19)14-6-4-5-12(9-14)11-20-2/h4-6,9,13,15H,3,7-8,10-11H2,1-2H3. The van der Waals surface area contributed by atoms with Gasteiger partial charge in [0.15, 0.2) is 0 Å². The summed E-state index contributed by atoms with van der Waals surface area (Å²) < 4.78 is 15.5. The summed E-state index contributed by atoms with van der Waals surface area (Å²) in [4.78, 5) is 23.9. The molecule has 2 rings (SSSR count). The molecule has 1 saturated carbocycles. The van der Waals surface area contributed by atoms with Gasteiger partial charge in [-0.05, 0) is 43.4 Å². The van der Waals surface area contributed by atoms with Gasteiger partial charge in [0.05, 0.1) is 25.2 Å². The average molecular weight is 306 g/mol. The molecule has 0 spiro atoms. The third kappa shape index (κ3) is 4.84. The average Bonchev–Trinajstić information content (AvgIpc) is 3.32. The van der Waals surface area contributed by atoms with Crippen LogP contribution in [0.5, 0.6) is 0 Å². The zero-order valence-corrected chi connectivity index (χ0v) is 13.0. The number of carbonyl (C=O) groups excluding carboxylic acids is 2. The molecule has 5 heteroatoms. The van der Waals surface area contributed by atoms with Gasteiger partial charge in [-0.1, -0.05) is 12.1 Å². The van der Waals surface area contributed by atoms with Gasteiger partial charge in [0.25, 0.3) is 0 Å². The van der Waals surface area contributed by atoms with Gasteiger partial charge >= 0.3 is 11.9 Å². The Kier molecular flexibility index (Phi) is 5.95. The van der Waals surface area contributed by atoms with Crippen LogP contribution in [0.2, 0.25) is 0 Å². The van der Waals surface area contributed by atoms with Gasteiger partial charge in [-0.15, -0.1) is 0 Å². The highest BCUT2D eigenvalue weighted by Crippen LogP contribution is 2.36. The highest BCUT2D eigenvalue weighted by Gasteiger charge is 2.36. The largest absolute Gasteiger partial charge is 0.466 e. The molecular formula is C17H22O5. The third-order valence-electron chi connectivity index (χ3n) is 3.55. The Bertz CT molecular complexity index is 522. The molecule has 1 aromatic carbocycles. The van der Waals surface area contributed by atoms with E-state index in [1.54, 1.807) is 32.2 Å². The molecule has 0 bridgehead atoms. The van der Waals surface area contributed by atoms with Gasteiger partial charge in [0.1, 0.15) is 6.10 Å². The first-order chi connectivity index (χ1) is 10.6. The van der Waals surface area contributed by atoms with Crippen molar-refractivity contribution in [2.24, 2.45) is 5.92 Å². The summed E-state index contributed by atoms with van der Waals surface area (Å²) in [5.74, 6) is -0.449. The molecule has 1 aliphatic carbocycles. The number of benzene rings is 1. The number of carbonyl (C=O) groups is 2. The van der Waals surface area contributed by atoms with Crippen LogP contribution in [-0.4, -0.2) is 31.8 Å². The van der Waals surface area contributed by atoms with Gasteiger partial charge in [-0.25, -0.2) is 4.79 Å². The summed E-state index contributed by atoms with van der Waals surface area (Å²) in [5, 5.41) is 0. The molecule has 0 N–H and O–H groups in total. The fourth-order valence-corrected chi connectivity index (χ4v) is 2.32. The number of ether oxygens (including phenoxy) is 3. The van der Waals surface area contributed by atoms with E-state index in [-0.39, 0.29) is 18.3 Å². The van der Waals surface area contributed by atoms with E-state index < -0.39 is 12.1 Å². The Morgan fingerprint density at radius 1 is 1.32 bits per heavy atom. The van der Waals surface area contributed by atoms with Crippen molar-refractivity contribution in [1.29, 1.82) is 0 Å². The molecule has 1 unspecified atom stereocenters. The number of esters is 2. The summed E-state index contributed by atoms with van der Waals surface area (Å²) in [6.07, 6.45) is 1.71. The van der Waals surface area contributed by atoms with E-state index in [0.717, 1.165) is 18.4 Å². The first kappa shape index (κ1) is 16.5. The maximum atomic E-state index is 12.3. The van der Waals surface area contributed by atoms with E-state index in [1.807, 2.05) is 6.07 Å². The zero-order chi connectivity index (χ0) is 15.9. The molecule has 1 aliphatic rings. The van der Waals surface area contributed by atoms with E-state index in [4.69, 9.17) is 14.2 Å². The number of methoxy groups -OCH3 is 1. The zero-order valence-electron chi connectivity index (χ0n) is 13.0. The van der Waals surface area contributed by atoms with Gasteiger partial charge in [-0.2, -0.15) is 0 Å². The van der Waals surface area contributed by atoms with Crippen molar-refractivity contribution >= 4 is 11.9 Å². The van der Waals surface area contributed by atoms with Crippen molar-refractivity contribution < 1.29 is 23.8 Å². The lowest BCUT2D eigenvalue weighted by atomic mass is 10.1. The Balaban J connectivity index is 1.98. The van der Waals surface area contributed by atoms with Crippen LogP contribution >= 0.6 is 0 Å². The minimum Gasteiger partial charge on any atom is -0.466 e. The van der Waals surface area contributed by atoms with Gasteiger partial charge in [-0.3, -0.25) is 4.79 Å². The normalized spacial score (nSPS) is 15.2. The Morgan fingerprint density at radius 2 is 2.09 bits per heavy atom. The van der Waals surface area contributed by atoms with E-state index in [9.17, 15) is 9.59 Å². The summed E-state index contributed by atoms with van der Waals surface area (Å²) in [7, 11) is 1.60. The summed E-state index contributed by atoms with van der Waals surface area (Å²) in [6, 6.07) is 7.13. The summed E-state index contributed by atoms with van der Waals surface area (Å²) >= 11 is 0. The Labute approximate surface area is 130 Å². The topological polar surface area (TPSA) is 61.8 Å². The number of rotatable bonds is 8. The van der Waals surface area contributed by atoms with Crippen molar-refractivity contribution in [2.45, 2.75) is 38.9 Å². The maximum absolute atomic E-state index is 12.3. The molecule has 0 radical (unpaired) electrons. The van der Waals surface area contributed by atoms with Crippen molar-refractivity contribution in [1.82, 2.24) is 0 Å². The molecule has 0 amide bonds. The van der Waals surface area contributed by atoms with Crippen LogP contribution in [0.3, 0.4) is 0 Å². The van der Waals surface area contributed by atoms with Crippen molar-refractivity contribution in [3.05, 3.63) is 35.4 Å². The highest BCUT2D eigenvalue weighted by molar-refractivity contribution is 5.90. The Morgan fingerprint density at radius 3 is 2.73 bits per heavy atom. The lowest BCUT2D eigenvalue weighted by Gasteiger charge is -2.17. The minimum atomic E-state index is -0.404. The predicted molar refractivity (Wildman–Crippen MR) is 80.3 cm³/mol. The quantitative estimate of drug-likeness (QED) is 0.691. The van der Waals surface area contributed by atoms with Crippen LogP contribution in [0.4, 0.5) is 0 Å². The molecule has 0 aromatic heterocycles. The van der Waals surface area contributed by atoms with E-state index in [0.29, 0.717) is 18.8 Å². The second kappa shape index (κ2) is 7.94. The second-order valence-corrected chi connectivity index (χ2v) is 5.42. The smallest absolute Gasteiger partial charge is 0.338 e. The van der Waals surface area contributed by atoms with Crippen molar-refractivity contribution in [3.63, 3.8) is 0 Å². The maximum Gasteiger partial charge on any atom is 0.338 e. The molecular weight excluding hydrogens is 284 g/mol. The summed E-state index contributed by atoms with van der Waals surface area (Å²) in [6.45, 7) is 2.54. The van der Waals surface area contributed by atoms with Crippen LogP contribution < -0.4 is 0 Å². The number of hydrogen-bond acceptors (Lipinski definition) is 5. The molecule has 1 aromatic rings. The van der Waals surface area contributed by atoms with E-state index >= 15 is 0 Å². The fraction of sp³-hybridized carbons (Fsp3) is 0.529. The van der Waals surface area contributed by atoms with Crippen LogP contribution in [0.15, 0.2) is 24.3 Å². The predicted octanol–water partition coefficient (Wildman–Crippen LogP) is 2.72. The first-order valence-corrected chi connectivity index (χ1v) is 7.58. The van der Waals surface area contributed by atoms with Crippen LogP contribution in [0.25, 0.3) is 0 Å². The molecule has 22 heavy (non-hydrogen) atoms. The molecule has 120 valence electrons. The minimum absolute atomic E-state index is 0.127. The molecule has 0 saturated heterocycles. The summed E-state index contributed by atoms with van der Waals surface area (Å²) in [5.41, 5.74) is 1.38. The third-order valence-corrected chi connectivity index (χ3v) is 3.55. The lowest BCUT2D eigenvalue weighted by molar-refractivity contribution is -0.145. The highest BCUT2D eigenvalue weighted by atomic mass is 16.6. The van der Waals surface area contributed by atoms with Crippen molar-refractivity contribution in [2.75, 3.05) is 13.7 Å². The Hall–Kier alpha value is -1.88. The van der Waals surface area contributed by atoms with Gasteiger partial charge in [0, 0.05) is 7.11 Å². The SMILES string of the molecule is CCOC(=O)CC(OC(=O)c1cccc(COC)c1)C1CC1. The van der Waals surface area contributed by atoms with Crippen LogP contribution in [0.1, 0.15) is 42.1 Å². The fourth-order valence-electron chi connectivity index (χ4n) is 2.32. The lowest BCUT2D eigenvalue weighted by Crippen LogP contribution is -2.24. The molecule has 0 heterocycles. The van der Waals surface area contributed by atoms with Gasteiger partial charge in [0.2, 0.25) is 0 Å². The van der Waals surface area contributed by atoms with E-state index in [1.165, 1.54) is 0 Å². The second-order valence-electron chi connectivity index (χ2n) is 5.42. The first-order valence-electron chi connectivity index (χ1n) is 7.58. The monoisotopic (exact) mass is 306 g/mol. The molecule has 1 fully saturated rings. The van der Waals surface area contributed by atoms with E-state index in [2.05, 4.69) is 0 Å².